The predicted octanol–water partition coefficient (Wildman–Crippen LogP) is 4.21. The molecule has 2 fully saturated rings. The summed E-state index contributed by atoms with van der Waals surface area (Å²) in [6.07, 6.45) is 10.6. The van der Waals surface area contributed by atoms with Crippen LogP contribution < -0.4 is 14.8 Å². The summed E-state index contributed by atoms with van der Waals surface area (Å²) in [6, 6.07) is 6.11. The number of benzene rings is 1. The Morgan fingerprint density at radius 2 is 1.84 bits per heavy atom. The molecule has 2 aliphatic rings. The van der Waals surface area contributed by atoms with Crippen molar-refractivity contribution in [1.82, 2.24) is 5.32 Å². The summed E-state index contributed by atoms with van der Waals surface area (Å²) in [5.41, 5.74) is 1.32. The van der Waals surface area contributed by atoms with Gasteiger partial charge in [0, 0.05) is 18.4 Å². The van der Waals surface area contributed by atoms with E-state index in [0.29, 0.717) is 6.42 Å². The van der Waals surface area contributed by atoms with Crippen molar-refractivity contribution in [3.63, 3.8) is 0 Å². The number of methoxy groups -OCH3 is 2. The van der Waals surface area contributed by atoms with Crippen molar-refractivity contribution in [3.8, 4) is 11.5 Å². The molecule has 0 spiro atoms. The van der Waals surface area contributed by atoms with Crippen LogP contribution in [0.5, 0.6) is 11.5 Å². The molecule has 0 aromatic heterocycles. The number of ether oxygens (including phenoxy) is 2. The molecule has 138 valence electrons. The predicted molar refractivity (Wildman–Crippen MR) is 99.3 cm³/mol. The minimum Gasteiger partial charge on any atom is -0.493 e. The lowest BCUT2D eigenvalue weighted by atomic mass is 9.86. The lowest BCUT2D eigenvalue weighted by Crippen LogP contribution is -2.32. The summed E-state index contributed by atoms with van der Waals surface area (Å²) in [6.45, 7) is 0.728. The summed E-state index contributed by atoms with van der Waals surface area (Å²) in [7, 11) is 3.31. The Kier molecular flexibility index (Phi) is 5.87. The van der Waals surface area contributed by atoms with Crippen LogP contribution in [0.3, 0.4) is 0 Å². The summed E-state index contributed by atoms with van der Waals surface area (Å²) in [5.74, 6) is 2.48. The third-order valence-electron chi connectivity index (χ3n) is 5.98. The van der Waals surface area contributed by atoms with Gasteiger partial charge in [0.05, 0.1) is 14.2 Å². The topological polar surface area (TPSA) is 47.6 Å². The SMILES string of the molecule is COc1ccc(C2(CNC(=O)CCC3CCCCC3)CC2)cc1OC. The normalized spacial score (nSPS) is 19.3. The van der Waals surface area contributed by atoms with Crippen molar-refractivity contribution in [2.75, 3.05) is 20.8 Å². The summed E-state index contributed by atoms with van der Waals surface area (Å²) in [4.78, 5) is 12.3. The molecule has 0 bridgehead atoms. The van der Waals surface area contributed by atoms with Crippen LogP contribution in [0.2, 0.25) is 0 Å². The van der Waals surface area contributed by atoms with Crippen LogP contribution in [0.4, 0.5) is 0 Å². The fraction of sp³-hybridized carbons (Fsp3) is 0.667. The average molecular weight is 345 g/mol. The van der Waals surface area contributed by atoms with E-state index in [1.165, 1.54) is 37.7 Å². The van der Waals surface area contributed by atoms with Gasteiger partial charge >= 0.3 is 0 Å². The quantitative estimate of drug-likeness (QED) is 0.768. The smallest absolute Gasteiger partial charge is 0.220 e. The van der Waals surface area contributed by atoms with Gasteiger partial charge in [-0.25, -0.2) is 0 Å². The molecule has 1 aromatic carbocycles. The highest BCUT2D eigenvalue weighted by atomic mass is 16.5. The molecule has 1 aromatic rings. The Labute approximate surface area is 151 Å². The lowest BCUT2D eigenvalue weighted by molar-refractivity contribution is -0.121. The van der Waals surface area contributed by atoms with Gasteiger partial charge in [-0.05, 0) is 42.9 Å². The molecule has 0 radical (unpaired) electrons. The molecule has 0 saturated heterocycles. The van der Waals surface area contributed by atoms with Gasteiger partial charge in [0.25, 0.3) is 0 Å². The van der Waals surface area contributed by atoms with Gasteiger partial charge in [-0.2, -0.15) is 0 Å². The molecule has 2 aliphatic carbocycles. The molecular weight excluding hydrogens is 314 g/mol. The first-order valence-electron chi connectivity index (χ1n) is 9.66. The molecule has 4 nitrogen and oxygen atoms in total. The first-order valence-corrected chi connectivity index (χ1v) is 9.66. The van der Waals surface area contributed by atoms with Crippen LogP contribution in [0, 0.1) is 5.92 Å². The molecule has 0 aliphatic heterocycles. The van der Waals surface area contributed by atoms with E-state index in [9.17, 15) is 4.79 Å². The molecule has 0 unspecified atom stereocenters. The Morgan fingerprint density at radius 3 is 2.48 bits per heavy atom. The number of carbonyl (C=O) groups excluding carboxylic acids is 1. The zero-order chi connectivity index (χ0) is 17.7. The highest BCUT2D eigenvalue weighted by Gasteiger charge is 2.44. The van der Waals surface area contributed by atoms with Gasteiger partial charge in [0.15, 0.2) is 11.5 Å². The van der Waals surface area contributed by atoms with E-state index in [-0.39, 0.29) is 11.3 Å². The van der Waals surface area contributed by atoms with E-state index in [1.54, 1.807) is 14.2 Å². The third kappa shape index (κ3) is 4.47. The van der Waals surface area contributed by atoms with E-state index < -0.39 is 0 Å². The van der Waals surface area contributed by atoms with Crippen LogP contribution in [0.1, 0.15) is 63.4 Å². The van der Waals surface area contributed by atoms with Gasteiger partial charge in [0.1, 0.15) is 0 Å². The maximum absolute atomic E-state index is 12.3. The first-order chi connectivity index (χ1) is 12.2. The second-order valence-corrected chi connectivity index (χ2v) is 7.67. The Balaban J connectivity index is 1.51. The molecule has 4 heteroatoms. The Morgan fingerprint density at radius 1 is 1.12 bits per heavy atom. The number of hydrogen-bond acceptors (Lipinski definition) is 3. The lowest BCUT2D eigenvalue weighted by Gasteiger charge is -2.22. The maximum Gasteiger partial charge on any atom is 0.220 e. The van der Waals surface area contributed by atoms with Crippen LogP contribution in [0.15, 0.2) is 18.2 Å². The highest BCUT2D eigenvalue weighted by Crippen LogP contribution is 2.49. The largest absolute Gasteiger partial charge is 0.493 e. The molecule has 3 rings (SSSR count). The highest BCUT2D eigenvalue weighted by molar-refractivity contribution is 5.76. The maximum atomic E-state index is 12.3. The van der Waals surface area contributed by atoms with E-state index >= 15 is 0 Å². The molecule has 1 amide bonds. The fourth-order valence-corrected chi connectivity index (χ4v) is 4.05. The number of carbonyl (C=O) groups is 1. The zero-order valence-electron chi connectivity index (χ0n) is 15.6. The Hall–Kier alpha value is -1.71. The van der Waals surface area contributed by atoms with Gasteiger partial charge in [-0.1, -0.05) is 38.2 Å². The minimum absolute atomic E-state index is 0.0834. The van der Waals surface area contributed by atoms with Crippen molar-refractivity contribution in [1.29, 1.82) is 0 Å². The van der Waals surface area contributed by atoms with Crippen LogP contribution in [-0.4, -0.2) is 26.7 Å². The molecule has 2 saturated carbocycles. The minimum atomic E-state index is 0.0834. The molecule has 0 heterocycles. The standard InChI is InChI=1S/C21H31NO3/c1-24-18-10-9-17(14-19(18)25-2)21(12-13-21)15-22-20(23)11-8-16-6-4-3-5-7-16/h9-10,14,16H,3-8,11-13,15H2,1-2H3,(H,22,23). The van der Waals surface area contributed by atoms with Crippen LogP contribution in [0.25, 0.3) is 0 Å². The summed E-state index contributed by atoms with van der Waals surface area (Å²) >= 11 is 0. The molecule has 1 N–H and O–H groups in total. The number of amides is 1. The summed E-state index contributed by atoms with van der Waals surface area (Å²) < 4.78 is 10.7. The van der Waals surface area contributed by atoms with Crippen molar-refractivity contribution in [2.45, 2.75) is 63.2 Å². The van der Waals surface area contributed by atoms with E-state index in [0.717, 1.165) is 43.2 Å². The summed E-state index contributed by atoms with van der Waals surface area (Å²) in [5, 5.41) is 3.18. The third-order valence-corrected chi connectivity index (χ3v) is 5.98. The van der Waals surface area contributed by atoms with Crippen molar-refractivity contribution < 1.29 is 14.3 Å². The average Bonchev–Trinajstić information content (AvgIpc) is 3.46. The van der Waals surface area contributed by atoms with Gasteiger partial charge in [0.2, 0.25) is 5.91 Å². The second-order valence-electron chi connectivity index (χ2n) is 7.67. The molecular formula is C21H31NO3. The van der Waals surface area contributed by atoms with E-state index in [4.69, 9.17) is 9.47 Å². The van der Waals surface area contributed by atoms with Gasteiger partial charge in [-0.15, -0.1) is 0 Å². The molecule has 0 atom stereocenters. The fourth-order valence-electron chi connectivity index (χ4n) is 4.05. The van der Waals surface area contributed by atoms with Crippen LogP contribution >= 0.6 is 0 Å². The second kappa shape index (κ2) is 8.11. The molecule has 25 heavy (non-hydrogen) atoms. The van der Waals surface area contributed by atoms with Crippen molar-refractivity contribution in [3.05, 3.63) is 23.8 Å². The van der Waals surface area contributed by atoms with Crippen LogP contribution in [-0.2, 0) is 10.2 Å². The number of rotatable bonds is 8. The van der Waals surface area contributed by atoms with E-state index in [1.807, 2.05) is 6.07 Å². The number of nitrogens with one attached hydrogen (secondary N) is 1. The Bertz CT molecular complexity index is 589. The number of hydrogen-bond donors (Lipinski definition) is 1. The first kappa shape index (κ1) is 18.1. The van der Waals surface area contributed by atoms with Crippen molar-refractivity contribution in [2.24, 2.45) is 5.92 Å². The van der Waals surface area contributed by atoms with Gasteiger partial charge < -0.3 is 14.8 Å². The van der Waals surface area contributed by atoms with Crippen molar-refractivity contribution >= 4 is 5.91 Å². The monoisotopic (exact) mass is 345 g/mol. The van der Waals surface area contributed by atoms with Gasteiger partial charge in [-0.3, -0.25) is 4.79 Å². The zero-order valence-corrected chi connectivity index (χ0v) is 15.6. The van der Waals surface area contributed by atoms with E-state index in [2.05, 4.69) is 17.4 Å².